The third-order valence-electron chi connectivity index (χ3n) is 14.0. The van der Waals surface area contributed by atoms with Crippen molar-refractivity contribution in [3.63, 3.8) is 0 Å². The van der Waals surface area contributed by atoms with Crippen LogP contribution in [-0.4, -0.2) is 101 Å². The number of carbonyl (C=O) groups excluding carboxylic acids is 2. The number of hydrogen-bond donors (Lipinski definition) is 3. The number of methoxy groups -OCH3 is 2. The largest absolute Gasteiger partial charge is 0.454 e. The number of esters is 1. The first-order valence-corrected chi connectivity index (χ1v) is 17.4. The predicted octanol–water partition coefficient (Wildman–Crippen LogP) is 3.28. The summed E-state index contributed by atoms with van der Waals surface area (Å²) in [6, 6.07) is 16.2. The Labute approximate surface area is 276 Å². The number of nitrogens with zero attached hydrogens (tertiary/aromatic N) is 1. The van der Waals surface area contributed by atoms with E-state index in [-0.39, 0.29) is 60.5 Å². The highest BCUT2D eigenvalue weighted by molar-refractivity contribution is 6.00. The monoisotopic (exact) mass is 645 g/mol. The number of hydrogen-bond acceptors (Lipinski definition) is 9. The van der Waals surface area contributed by atoms with Gasteiger partial charge in [0.05, 0.1) is 17.8 Å². The second-order valence-electron chi connectivity index (χ2n) is 15.2. The zero-order valence-electron chi connectivity index (χ0n) is 27.5. The second kappa shape index (κ2) is 10.9. The topological polar surface area (TPSA) is 126 Å². The average molecular weight is 646 g/mol. The fraction of sp³-hybridized carbons (Fsp3) is 0.632. The fourth-order valence-electron chi connectivity index (χ4n) is 12.6. The third kappa shape index (κ3) is 3.87. The molecule has 0 amide bonds. The Morgan fingerprint density at radius 2 is 1.72 bits per heavy atom. The van der Waals surface area contributed by atoms with Crippen LogP contribution in [0.3, 0.4) is 0 Å². The highest BCUT2D eigenvalue weighted by atomic mass is 16.6. The van der Waals surface area contributed by atoms with Crippen molar-refractivity contribution in [3.05, 3.63) is 71.3 Å². The number of likely N-dealkylation sites (tertiary alicyclic amines) is 1. The van der Waals surface area contributed by atoms with Gasteiger partial charge in [-0.25, -0.2) is 4.79 Å². The lowest BCUT2D eigenvalue weighted by Crippen LogP contribution is -2.82. The number of Topliss-reactive ketones (excluding diaryl/α,β-unsaturated/α-hetero) is 1. The van der Waals surface area contributed by atoms with Gasteiger partial charge in [-0.15, -0.1) is 0 Å². The SMILES string of the molecule is CCN1C[C@]2(OC(=O)c3ccccc3CC(=O)c3ccccc3)CC[C@H](CO)[C@]34C1[C@H](CC23)[C@@]1(O)C[C@H](OC)[C@H]2CC4[C@]1(O)[C@H]2OC. The number of aliphatic hydroxyl groups excluding tert-OH is 1. The summed E-state index contributed by atoms with van der Waals surface area (Å²) in [4.78, 5) is 30.0. The van der Waals surface area contributed by atoms with Crippen LogP contribution >= 0.6 is 0 Å². The van der Waals surface area contributed by atoms with Crippen LogP contribution in [-0.2, 0) is 20.6 Å². The van der Waals surface area contributed by atoms with E-state index in [1.165, 1.54) is 0 Å². The molecule has 1 heterocycles. The molecular formula is C38H47NO8. The molecule has 5 aliphatic carbocycles. The molecule has 8 rings (SSSR count). The average Bonchev–Trinajstić information content (AvgIpc) is 3.51. The molecule has 3 N–H and O–H groups in total. The van der Waals surface area contributed by atoms with Gasteiger partial charge in [-0.1, -0.05) is 55.5 Å². The van der Waals surface area contributed by atoms with Crippen molar-refractivity contribution in [2.75, 3.05) is 33.9 Å². The number of ketones is 1. The van der Waals surface area contributed by atoms with Gasteiger partial charge in [0.15, 0.2) is 5.78 Å². The number of ether oxygens (including phenoxy) is 3. The maximum absolute atomic E-state index is 14.4. The minimum Gasteiger partial charge on any atom is -0.454 e. The molecule has 47 heavy (non-hydrogen) atoms. The van der Waals surface area contributed by atoms with Crippen molar-refractivity contribution in [2.24, 2.45) is 35.0 Å². The van der Waals surface area contributed by atoms with E-state index < -0.39 is 34.3 Å². The lowest BCUT2D eigenvalue weighted by Gasteiger charge is -2.71. The van der Waals surface area contributed by atoms with Crippen molar-refractivity contribution in [2.45, 2.75) is 80.5 Å². The molecule has 9 nitrogen and oxygen atoms in total. The number of carbonyl (C=O) groups is 2. The van der Waals surface area contributed by atoms with Crippen molar-refractivity contribution < 1.29 is 39.1 Å². The Kier molecular flexibility index (Phi) is 7.34. The van der Waals surface area contributed by atoms with Crippen LogP contribution in [0, 0.1) is 35.0 Å². The smallest absolute Gasteiger partial charge is 0.339 e. The number of fused-ring (bicyclic) bond motifs is 2. The first-order valence-electron chi connectivity index (χ1n) is 17.4. The summed E-state index contributed by atoms with van der Waals surface area (Å²) in [5, 5.41) is 36.9. The molecule has 1 saturated heterocycles. The lowest BCUT2D eigenvalue weighted by molar-refractivity contribution is -0.333. The molecule has 0 radical (unpaired) electrons. The molecule has 2 aromatic rings. The molecule has 7 bridgehead atoms. The van der Waals surface area contributed by atoms with E-state index in [2.05, 4.69) is 11.8 Å². The van der Waals surface area contributed by atoms with Gasteiger partial charge in [0, 0.05) is 80.9 Å². The molecule has 252 valence electrons. The van der Waals surface area contributed by atoms with Gasteiger partial charge in [-0.05, 0) is 49.8 Å². The van der Waals surface area contributed by atoms with Gasteiger partial charge in [-0.2, -0.15) is 0 Å². The van der Waals surface area contributed by atoms with Crippen LogP contribution in [0.4, 0.5) is 0 Å². The van der Waals surface area contributed by atoms with Crippen molar-refractivity contribution in [3.8, 4) is 0 Å². The summed E-state index contributed by atoms with van der Waals surface area (Å²) in [6.45, 7) is 3.28. The fourth-order valence-corrected chi connectivity index (χ4v) is 12.6. The van der Waals surface area contributed by atoms with E-state index >= 15 is 0 Å². The Balaban J connectivity index is 1.21. The molecule has 12 atom stereocenters. The number of piperidine rings is 1. The maximum atomic E-state index is 14.4. The van der Waals surface area contributed by atoms with Crippen LogP contribution in [0.25, 0.3) is 0 Å². The summed E-state index contributed by atoms with van der Waals surface area (Å²) < 4.78 is 18.9. The molecule has 6 fully saturated rings. The summed E-state index contributed by atoms with van der Waals surface area (Å²) in [5.74, 6) is -1.60. The Bertz CT molecular complexity index is 1570. The second-order valence-corrected chi connectivity index (χ2v) is 15.2. The zero-order valence-corrected chi connectivity index (χ0v) is 27.5. The van der Waals surface area contributed by atoms with Crippen molar-refractivity contribution >= 4 is 11.8 Å². The quantitative estimate of drug-likeness (QED) is 0.278. The summed E-state index contributed by atoms with van der Waals surface area (Å²) in [7, 11) is 3.29. The van der Waals surface area contributed by atoms with Gasteiger partial charge in [0.2, 0.25) is 0 Å². The summed E-state index contributed by atoms with van der Waals surface area (Å²) in [5.41, 5.74) is -2.85. The van der Waals surface area contributed by atoms with Gasteiger partial charge >= 0.3 is 5.97 Å². The summed E-state index contributed by atoms with van der Waals surface area (Å²) in [6.07, 6.45) is 1.96. The van der Waals surface area contributed by atoms with E-state index in [0.29, 0.717) is 61.9 Å². The molecule has 5 saturated carbocycles. The normalized spacial score (nSPS) is 44.3. The molecule has 3 unspecified atom stereocenters. The minimum atomic E-state index is -1.51. The molecule has 6 aliphatic rings. The minimum absolute atomic E-state index is 0.0350. The highest BCUT2D eigenvalue weighted by Crippen LogP contribution is 2.80. The molecule has 2 aromatic carbocycles. The van der Waals surface area contributed by atoms with E-state index in [1.807, 2.05) is 30.3 Å². The van der Waals surface area contributed by atoms with Crippen molar-refractivity contribution in [1.29, 1.82) is 0 Å². The Hall–Kier alpha value is -2.66. The first kappa shape index (κ1) is 31.6. The first-order chi connectivity index (χ1) is 22.6. The number of likely N-dealkylation sites (N-methyl/N-ethyl adjacent to an activating group) is 1. The van der Waals surface area contributed by atoms with Gasteiger partial charge < -0.3 is 29.5 Å². The van der Waals surface area contributed by atoms with E-state index in [4.69, 9.17) is 14.2 Å². The van der Waals surface area contributed by atoms with Crippen LogP contribution in [0.1, 0.15) is 65.3 Å². The molecular weight excluding hydrogens is 598 g/mol. The van der Waals surface area contributed by atoms with Gasteiger partial charge in [-0.3, -0.25) is 9.69 Å². The predicted molar refractivity (Wildman–Crippen MR) is 172 cm³/mol. The Morgan fingerprint density at radius 1 is 0.979 bits per heavy atom. The maximum Gasteiger partial charge on any atom is 0.339 e. The van der Waals surface area contributed by atoms with Crippen LogP contribution in [0.2, 0.25) is 0 Å². The van der Waals surface area contributed by atoms with E-state index in [1.54, 1.807) is 38.5 Å². The number of benzene rings is 2. The molecule has 1 spiro atoms. The van der Waals surface area contributed by atoms with Crippen LogP contribution in [0.5, 0.6) is 0 Å². The zero-order chi connectivity index (χ0) is 32.9. The lowest BCUT2D eigenvalue weighted by atomic mass is 9.42. The van der Waals surface area contributed by atoms with Gasteiger partial charge in [0.25, 0.3) is 0 Å². The van der Waals surface area contributed by atoms with E-state index in [9.17, 15) is 24.9 Å². The van der Waals surface area contributed by atoms with Gasteiger partial charge in [0.1, 0.15) is 16.8 Å². The van der Waals surface area contributed by atoms with Crippen molar-refractivity contribution in [1.82, 2.24) is 4.90 Å². The van der Waals surface area contributed by atoms with Crippen LogP contribution < -0.4 is 0 Å². The van der Waals surface area contributed by atoms with Crippen LogP contribution in [0.15, 0.2) is 54.6 Å². The van der Waals surface area contributed by atoms with E-state index in [0.717, 1.165) is 0 Å². The number of rotatable bonds is 9. The summed E-state index contributed by atoms with van der Waals surface area (Å²) >= 11 is 0. The number of aliphatic hydroxyl groups is 3. The third-order valence-corrected chi connectivity index (χ3v) is 14.0. The highest BCUT2D eigenvalue weighted by Gasteiger charge is 2.88. The Morgan fingerprint density at radius 3 is 2.43 bits per heavy atom. The molecule has 9 heteroatoms. The standard InChI is InChI=1S/C38H47NO8/c1-4-39-21-35(47-34(42)25-13-9-8-12-23(25)16-28(41)22-10-6-5-7-11-22)15-14-24(20-40)37-30(35)18-27(32(37)39)36(43)19-29(45-2)26-17-31(37)38(36,44)33(26)46-3/h5-13,24,26-27,29-33,40,43-44H,4,14-21H2,1-3H3/t24-,26-,27+,29+,30?,31?,32?,33+,35-,36+,37+,38+/m1/s1. The molecule has 1 aliphatic heterocycles. The molecule has 0 aromatic heterocycles.